The fourth-order valence-electron chi connectivity index (χ4n) is 3.82. The summed E-state index contributed by atoms with van der Waals surface area (Å²) < 4.78 is 30.5. The van der Waals surface area contributed by atoms with Crippen molar-refractivity contribution in [2.75, 3.05) is 13.1 Å². The van der Waals surface area contributed by atoms with Crippen LogP contribution in [0.15, 0.2) is 34.0 Å². The molecule has 4 rings (SSSR count). The van der Waals surface area contributed by atoms with Crippen LogP contribution in [-0.4, -0.2) is 45.9 Å². The number of carbonyl (C=O) groups is 1. The Morgan fingerprint density at radius 3 is 2.21 bits per heavy atom. The Morgan fingerprint density at radius 1 is 1.07 bits per heavy atom. The first-order valence-corrected chi connectivity index (χ1v) is 11.0. The van der Waals surface area contributed by atoms with Gasteiger partial charge in [0.05, 0.1) is 4.90 Å². The number of benzene rings is 1. The molecule has 1 saturated heterocycles. The van der Waals surface area contributed by atoms with E-state index in [1.54, 1.807) is 23.7 Å². The van der Waals surface area contributed by atoms with E-state index in [9.17, 15) is 18.0 Å². The predicted molar refractivity (Wildman–Crippen MR) is 103 cm³/mol. The summed E-state index contributed by atoms with van der Waals surface area (Å²) >= 11 is 0. The Bertz CT molecular complexity index is 1060. The van der Waals surface area contributed by atoms with Crippen LogP contribution in [0.3, 0.4) is 0 Å². The summed E-state index contributed by atoms with van der Waals surface area (Å²) in [5.74, 6) is 0.778. The zero-order valence-electron chi connectivity index (χ0n) is 16.0. The molecule has 2 aliphatic rings. The molecule has 0 radical (unpaired) electrons. The average molecular weight is 404 g/mol. The van der Waals surface area contributed by atoms with Crippen molar-refractivity contribution in [3.8, 4) is 0 Å². The highest BCUT2D eigenvalue weighted by atomic mass is 32.2. The van der Waals surface area contributed by atoms with E-state index in [1.165, 1.54) is 28.0 Å². The molecule has 1 aromatic carbocycles. The topological polar surface area (TPSA) is 94.3 Å². The summed E-state index contributed by atoms with van der Waals surface area (Å²) in [6.45, 7) is 2.22. The van der Waals surface area contributed by atoms with Crippen LogP contribution in [0.25, 0.3) is 0 Å². The van der Waals surface area contributed by atoms with Crippen LogP contribution in [0.2, 0.25) is 0 Å². The first kappa shape index (κ1) is 19.1. The molecule has 0 unspecified atom stereocenters. The lowest BCUT2D eigenvalue weighted by atomic mass is 9.97. The molecule has 0 amide bonds. The average Bonchev–Trinajstić information content (AvgIpc) is 3.48. The fourth-order valence-corrected chi connectivity index (χ4v) is 5.29. The van der Waals surface area contributed by atoms with Crippen molar-refractivity contribution in [1.82, 2.24) is 18.7 Å². The number of hydrogen-bond acceptors (Lipinski definition) is 5. The standard InChI is InChI=1S/C19H24N4O4S/c1-13(24)14-3-7-17(8-4-14)28(26,27)22-11-9-15(10-12-22)18-20-21(2)19(25)23(18)16-5-6-16/h3-4,7-8,15-16H,5-6,9-12H2,1-2H3. The van der Waals surface area contributed by atoms with Crippen molar-refractivity contribution in [3.63, 3.8) is 0 Å². The van der Waals surface area contributed by atoms with Gasteiger partial charge in [0.25, 0.3) is 0 Å². The Morgan fingerprint density at radius 2 is 1.68 bits per heavy atom. The van der Waals surface area contributed by atoms with Crippen molar-refractivity contribution in [2.45, 2.75) is 49.5 Å². The summed E-state index contributed by atoms with van der Waals surface area (Å²) in [5.41, 5.74) is 0.406. The minimum Gasteiger partial charge on any atom is -0.295 e. The van der Waals surface area contributed by atoms with Gasteiger partial charge in [0.2, 0.25) is 10.0 Å². The van der Waals surface area contributed by atoms with Crippen LogP contribution in [0.5, 0.6) is 0 Å². The van der Waals surface area contributed by atoms with Crippen LogP contribution in [0.4, 0.5) is 0 Å². The first-order chi connectivity index (χ1) is 13.3. The Kier molecular flexibility index (Phi) is 4.75. The van der Waals surface area contributed by atoms with E-state index in [1.807, 2.05) is 0 Å². The third-order valence-corrected chi connectivity index (χ3v) is 7.52. The van der Waals surface area contributed by atoms with E-state index in [0.29, 0.717) is 31.5 Å². The van der Waals surface area contributed by atoms with Crippen LogP contribution in [0.1, 0.15) is 60.7 Å². The first-order valence-electron chi connectivity index (χ1n) is 9.55. The van der Waals surface area contributed by atoms with Gasteiger partial charge in [0.15, 0.2) is 5.78 Å². The lowest BCUT2D eigenvalue weighted by molar-refractivity contribution is 0.101. The van der Waals surface area contributed by atoms with E-state index in [-0.39, 0.29) is 28.3 Å². The molecule has 2 fully saturated rings. The highest BCUT2D eigenvalue weighted by Crippen LogP contribution is 2.38. The zero-order chi connectivity index (χ0) is 20.1. The molecular weight excluding hydrogens is 380 g/mol. The third-order valence-electron chi connectivity index (χ3n) is 5.61. The summed E-state index contributed by atoms with van der Waals surface area (Å²) in [5, 5.41) is 4.43. The van der Waals surface area contributed by atoms with E-state index in [2.05, 4.69) is 5.10 Å². The summed E-state index contributed by atoms with van der Waals surface area (Å²) in [7, 11) is -1.94. The fraction of sp³-hybridized carbons (Fsp3) is 0.526. The second-order valence-corrected chi connectivity index (χ2v) is 9.56. The van der Waals surface area contributed by atoms with Gasteiger partial charge < -0.3 is 0 Å². The number of ketones is 1. The number of rotatable bonds is 5. The Labute approximate surface area is 163 Å². The molecule has 9 heteroatoms. The Hall–Kier alpha value is -2.26. The number of carbonyl (C=O) groups excluding carboxylic acids is 1. The molecule has 1 aliphatic heterocycles. The summed E-state index contributed by atoms with van der Waals surface area (Å²) in [4.78, 5) is 23.9. The van der Waals surface area contributed by atoms with Gasteiger partial charge in [-0.3, -0.25) is 9.36 Å². The van der Waals surface area contributed by atoms with Crippen molar-refractivity contribution >= 4 is 15.8 Å². The van der Waals surface area contributed by atoms with Crippen LogP contribution < -0.4 is 5.69 Å². The number of aromatic nitrogens is 3. The largest absolute Gasteiger partial charge is 0.345 e. The predicted octanol–water partition coefficient (Wildman–Crippen LogP) is 1.69. The molecule has 8 nitrogen and oxygen atoms in total. The molecular formula is C19H24N4O4S. The molecule has 0 N–H and O–H groups in total. The molecule has 1 saturated carbocycles. The number of nitrogens with zero attached hydrogens (tertiary/aromatic N) is 4. The van der Waals surface area contributed by atoms with E-state index < -0.39 is 10.0 Å². The number of sulfonamides is 1. The van der Waals surface area contributed by atoms with E-state index >= 15 is 0 Å². The van der Waals surface area contributed by atoms with Gasteiger partial charge in [0.1, 0.15) is 5.82 Å². The van der Waals surface area contributed by atoms with Crippen molar-refractivity contribution in [3.05, 3.63) is 46.1 Å². The number of Topliss-reactive ketones (excluding diaryl/α,β-unsaturated/α-hetero) is 1. The highest BCUT2D eigenvalue weighted by Gasteiger charge is 2.36. The second kappa shape index (κ2) is 6.97. The molecule has 150 valence electrons. The number of hydrogen-bond donors (Lipinski definition) is 0. The van der Waals surface area contributed by atoms with Crippen molar-refractivity contribution in [2.24, 2.45) is 7.05 Å². The van der Waals surface area contributed by atoms with Crippen molar-refractivity contribution < 1.29 is 13.2 Å². The van der Waals surface area contributed by atoms with Crippen LogP contribution in [0, 0.1) is 0 Å². The lowest BCUT2D eigenvalue weighted by Crippen LogP contribution is -2.38. The van der Waals surface area contributed by atoms with E-state index in [0.717, 1.165) is 18.7 Å². The molecule has 0 spiro atoms. The van der Waals surface area contributed by atoms with Gasteiger partial charge in [-0.25, -0.2) is 17.9 Å². The van der Waals surface area contributed by atoms with Gasteiger partial charge in [-0.1, -0.05) is 12.1 Å². The smallest absolute Gasteiger partial charge is 0.295 e. The van der Waals surface area contributed by atoms with E-state index in [4.69, 9.17) is 0 Å². The SMILES string of the molecule is CC(=O)c1ccc(S(=O)(=O)N2CCC(c3nn(C)c(=O)n3C3CC3)CC2)cc1. The minimum absolute atomic E-state index is 0.0843. The molecule has 1 aromatic heterocycles. The molecule has 2 aromatic rings. The molecule has 0 atom stereocenters. The van der Waals surface area contributed by atoms with Crippen LogP contribution in [-0.2, 0) is 17.1 Å². The highest BCUT2D eigenvalue weighted by molar-refractivity contribution is 7.89. The summed E-state index contributed by atoms with van der Waals surface area (Å²) in [6, 6.07) is 6.32. The molecule has 2 heterocycles. The van der Waals surface area contributed by atoms with Crippen LogP contribution >= 0.6 is 0 Å². The minimum atomic E-state index is -3.60. The maximum atomic E-state index is 12.9. The molecule has 0 bridgehead atoms. The van der Waals surface area contributed by atoms with Gasteiger partial charge >= 0.3 is 5.69 Å². The normalized spacial score (nSPS) is 19.1. The summed E-state index contributed by atoms with van der Waals surface area (Å²) in [6.07, 6.45) is 3.27. The van der Waals surface area contributed by atoms with Crippen molar-refractivity contribution in [1.29, 1.82) is 0 Å². The lowest BCUT2D eigenvalue weighted by Gasteiger charge is -2.30. The quantitative estimate of drug-likeness (QED) is 0.707. The van der Waals surface area contributed by atoms with Gasteiger partial charge in [-0.2, -0.15) is 9.40 Å². The molecule has 1 aliphatic carbocycles. The number of aryl methyl sites for hydroxylation is 1. The van der Waals surface area contributed by atoms with Gasteiger partial charge in [0, 0.05) is 37.7 Å². The second-order valence-electron chi connectivity index (χ2n) is 7.62. The maximum Gasteiger partial charge on any atom is 0.345 e. The van der Waals surface area contributed by atoms with Gasteiger partial charge in [-0.05, 0) is 44.7 Å². The zero-order valence-corrected chi connectivity index (χ0v) is 16.9. The number of piperidine rings is 1. The third kappa shape index (κ3) is 3.33. The molecule has 28 heavy (non-hydrogen) atoms. The monoisotopic (exact) mass is 404 g/mol. The Balaban J connectivity index is 1.50. The maximum absolute atomic E-state index is 12.9. The van der Waals surface area contributed by atoms with Gasteiger partial charge in [-0.15, -0.1) is 0 Å².